The van der Waals surface area contributed by atoms with E-state index in [-0.39, 0.29) is 0 Å². The molecule has 0 radical (unpaired) electrons. The first-order valence-corrected chi connectivity index (χ1v) is 16.9. The average Bonchev–Trinajstić information content (AvgIpc) is 3.51. The molecule has 212 valence electrons. The van der Waals surface area contributed by atoms with Crippen LogP contribution in [-0.2, 0) is 4.57 Å². The fourth-order valence-electron chi connectivity index (χ4n) is 6.99. The molecule has 0 amide bonds. The van der Waals surface area contributed by atoms with Crippen LogP contribution in [0.25, 0.3) is 60.3 Å². The number of hydrogen-bond acceptors (Lipinski definition) is 2. The van der Waals surface area contributed by atoms with E-state index in [4.69, 9.17) is 4.98 Å². The largest absolute Gasteiger partial charge is 0.309 e. The van der Waals surface area contributed by atoms with E-state index < -0.39 is 7.14 Å². The fraction of sp³-hybridized carbons (Fsp3) is 0. The van der Waals surface area contributed by atoms with Gasteiger partial charge in [0.05, 0.1) is 16.6 Å². The molecule has 0 N–H and O–H groups in total. The maximum atomic E-state index is 15.4. The zero-order valence-electron chi connectivity index (χ0n) is 24.3. The lowest BCUT2D eigenvalue weighted by Gasteiger charge is -2.22. The van der Waals surface area contributed by atoms with Gasteiger partial charge in [-0.25, -0.2) is 4.98 Å². The molecule has 2 aromatic heterocycles. The third-order valence-corrected chi connectivity index (χ3v) is 12.2. The van der Waals surface area contributed by atoms with Crippen molar-refractivity contribution in [2.45, 2.75) is 0 Å². The number of aromatic nitrogens is 2. The summed E-state index contributed by atoms with van der Waals surface area (Å²) in [6, 6.07) is 56.0. The number of fused-ring (bicyclic) bond motifs is 9. The lowest BCUT2D eigenvalue weighted by molar-refractivity contribution is 0.592. The van der Waals surface area contributed by atoms with E-state index in [9.17, 15) is 0 Å². The van der Waals surface area contributed by atoms with Gasteiger partial charge in [0.15, 0.2) is 7.14 Å². The number of nitrogens with zero attached hydrogens (tertiary/aromatic N) is 2. The van der Waals surface area contributed by atoms with Gasteiger partial charge < -0.3 is 4.57 Å². The van der Waals surface area contributed by atoms with Gasteiger partial charge in [-0.15, -0.1) is 0 Å². The Balaban J connectivity index is 1.29. The second-order valence-corrected chi connectivity index (χ2v) is 14.2. The van der Waals surface area contributed by atoms with Gasteiger partial charge in [0.1, 0.15) is 5.65 Å². The van der Waals surface area contributed by atoms with Crippen LogP contribution in [0.3, 0.4) is 0 Å². The Labute approximate surface area is 260 Å². The van der Waals surface area contributed by atoms with Gasteiger partial charge in [0.2, 0.25) is 0 Å². The van der Waals surface area contributed by atoms with E-state index in [0.717, 1.165) is 65.4 Å². The lowest BCUT2D eigenvalue weighted by Crippen LogP contribution is -2.25. The molecule has 45 heavy (non-hydrogen) atoms. The van der Waals surface area contributed by atoms with E-state index in [1.807, 2.05) is 66.7 Å². The zero-order valence-corrected chi connectivity index (χ0v) is 25.2. The molecule has 7 aromatic carbocycles. The SMILES string of the molecule is O=P(c1ccccc1)(c1ccccc1)c1ccc(-c2ccc3c(c2)nc2c4ccccc4c4ccccc4n32)c2ccccc12. The Morgan fingerprint density at radius 3 is 1.76 bits per heavy atom. The summed E-state index contributed by atoms with van der Waals surface area (Å²) in [5.74, 6) is 0. The zero-order chi connectivity index (χ0) is 30.0. The molecule has 0 atom stereocenters. The van der Waals surface area contributed by atoms with E-state index in [2.05, 4.69) is 101 Å². The van der Waals surface area contributed by atoms with Crippen LogP contribution in [-0.4, -0.2) is 9.38 Å². The second-order valence-electron chi connectivity index (χ2n) is 11.5. The molecule has 0 saturated heterocycles. The van der Waals surface area contributed by atoms with Gasteiger partial charge in [0.25, 0.3) is 0 Å². The van der Waals surface area contributed by atoms with Crippen LogP contribution < -0.4 is 15.9 Å². The van der Waals surface area contributed by atoms with E-state index in [1.165, 1.54) is 10.8 Å². The molecule has 2 heterocycles. The number of benzene rings is 7. The summed E-state index contributed by atoms with van der Waals surface area (Å²) >= 11 is 0. The van der Waals surface area contributed by atoms with Gasteiger partial charge >= 0.3 is 0 Å². The van der Waals surface area contributed by atoms with Crippen molar-refractivity contribution in [2.24, 2.45) is 0 Å². The first-order chi connectivity index (χ1) is 22.2. The molecule has 9 rings (SSSR count). The van der Waals surface area contributed by atoms with Crippen molar-refractivity contribution in [3.63, 3.8) is 0 Å². The Bertz CT molecular complexity index is 2580. The molecule has 0 fully saturated rings. The molecular weight excluding hydrogens is 567 g/mol. The highest BCUT2D eigenvalue weighted by Gasteiger charge is 2.31. The minimum absolute atomic E-state index is 0.833. The van der Waals surface area contributed by atoms with Crippen LogP contribution in [0.2, 0.25) is 0 Å². The van der Waals surface area contributed by atoms with Crippen molar-refractivity contribution in [1.82, 2.24) is 9.38 Å². The molecule has 0 spiro atoms. The summed E-state index contributed by atoms with van der Waals surface area (Å²) in [4.78, 5) is 5.21. The molecule has 0 unspecified atom stereocenters. The van der Waals surface area contributed by atoms with Crippen molar-refractivity contribution in [3.05, 3.63) is 164 Å². The standard InChI is InChI=1S/C41H27N2OP/c44-45(29-13-3-1-4-14-29,30-15-5-2-6-16-30)40-26-24-31(32-17-7-9-20-35(32)40)28-23-25-39-37(27-28)42-41-36-21-10-8-18-33(36)34-19-11-12-22-38(34)43(39)41/h1-27H. The molecule has 4 heteroatoms. The highest BCUT2D eigenvalue weighted by molar-refractivity contribution is 7.85. The predicted octanol–water partition coefficient (Wildman–Crippen LogP) is 9.25. The smallest absolute Gasteiger partial charge is 0.171 e. The molecule has 3 nitrogen and oxygen atoms in total. The predicted molar refractivity (Wildman–Crippen MR) is 190 cm³/mol. The van der Waals surface area contributed by atoms with Crippen molar-refractivity contribution in [2.75, 3.05) is 0 Å². The molecule has 0 aliphatic carbocycles. The number of hydrogen-bond donors (Lipinski definition) is 0. The first kappa shape index (κ1) is 25.9. The minimum atomic E-state index is -3.15. The van der Waals surface area contributed by atoms with Crippen LogP contribution in [0, 0.1) is 0 Å². The summed E-state index contributed by atoms with van der Waals surface area (Å²) in [7, 11) is -3.15. The Morgan fingerprint density at radius 2 is 1.04 bits per heavy atom. The average molecular weight is 595 g/mol. The van der Waals surface area contributed by atoms with Crippen LogP contribution in [0.4, 0.5) is 0 Å². The summed E-state index contributed by atoms with van der Waals surface area (Å²) in [5, 5.41) is 8.15. The minimum Gasteiger partial charge on any atom is -0.309 e. The molecule has 0 aliphatic rings. The normalized spacial score (nSPS) is 12.1. The van der Waals surface area contributed by atoms with Gasteiger partial charge in [-0.3, -0.25) is 4.40 Å². The van der Waals surface area contributed by atoms with Crippen molar-refractivity contribution in [3.8, 4) is 11.1 Å². The Kier molecular flexibility index (Phi) is 5.78. The van der Waals surface area contributed by atoms with E-state index >= 15 is 4.57 Å². The summed E-state index contributed by atoms with van der Waals surface area (Å²) in [6.07, 6.45) is 0. The molecule has 0 bridgehead atoms. The van der Waals surface area contributed by atoms with E-state index in [0.29, 0.717) is 0 Å². The Hall–Kier alpha value is -5.50. The summed E-state index contributed by atoms with van der Waals surface area (Å²) in [5.41, 5.74) is 6.31. The third kappa shape index (κ3) is 3.84. The van der Waals surface area contributed by atoms with Crippen LogP contribution in [0.5, 0.6) is 0 Å². The van der Waals surface area contributed by atoms with Gasteiger partial charge in [-0.1, -0.05) is 140 Å². The van der Waals surface area contributed by atoms with Gasteiger partial charge in [0, 0.05) is 26.7 Å². The van der Waals surface area contributed by atoms with Gasteiger partial charge in [-0.2, -0.15) is 0 Å². The Morgan fingerprint density at radius 1 is 0.467 bits per heavy atom. The fourth-order valence-corrected chi connectivity index (χ4v) is 9.85. The lowest BCUT2D eigenvalue weighted by atomic mass is 9.98. The quantitative estimate of drug-likeness (QED) is 0.150. The monoisotopic (exact) mass is 594 g/mol. The molecule has 0 aliphatic heterocycles. The summed E-state index contributed by atoms with van der Waals surface area (Å²) < 4.78 is 17.6. The van der Waals surface area contributed by atoms with E-state index in [1.54, 1.807) is 0 Å². The maximum Gasteiger partial charge on any atom is 0.171 e. The first-order valence-electron chi connectivity index (χ1n) is 15.2. The molecule has 9 aromatic rings. The highest BCUT2D eigenvalue weighted by atomic mass is 31.2. The van der Waals surface area contributed by atoms with Crippen LogP contribution in [0.15, 0.2) is 164 Å². The van der Waals surface area contributed by atoms with Crippen LogP contribution in [0.1, 0.15) is 0 Å². The topological polar surface area (TPSA) is 34.4 Å². The summed E-state index contributed by atoms with van der Waals surface area (Å²) in [6.45, 7) is 0. The number of pyridine rings is 1. The third-order valence-electron chi connectivity index (χ3n) is 9.05. The molecular formula is C41H27N2OP. The van der Waals surface area contributed by atoms with Crippen molar-refractivity contribution in [1.29, 1.82) is 0 Å². The molecule has 0 saturated carbocycles. The highest BCUT2D eigenvalue weighted by Crippen LogP contribution is 2.45. The number of para-hydroxylation sites is 1. The number of rotatable bonds is 4. The van der Waals surface area contributed by atoms with Crippen molar-refractivity contribution < 1.29 is 4.57 Å². The van der Waals surface area contributed by atoms with Crippen molar-refractivity contribution >= 4 is 72.2 Å². The van der Waals surface area contributed by atoms with Crippen LogP contribution >= 0.6 is 7.14 Å². The maximum absolute atomic E-state index is 15.4. The van der Waals surface area contributed by atoms with Gasteiger partial charge in [-0.05, 0) is 51.6 Å². The second kappa shape index (κ2) is 10.0. The number of imidazole rings is 1.